The summed E-state index contributed by atoms with van der Waals surface area (Å²) in [5.41, 5.74) is 0. The number of carbonyl (C=O) groups excluding carboxylic acids is 1. The highest BCUT2D eigenvalue weighted by Crippen LogP contribution is 2.15. The molecule has 4 nitrogen and oxygen atoms in total. The quantitative estimate of drug-likeness (QED) is 0.656. The molecule has 0 aromatic carbocycles. The van der Waals surface area contributed by atoms with E-state index in [0.717, 1.165) is 0 Å². The molecule has 0 radical (unpaired) electrons. The molecule has 0 aliphatic heterocycles. The third kappa shape index (κ3) is 4.20. The van der Waals surface area contributed by atoms with E-state index in [1.165, 1.54) is 0 Å². The van der Waals surface area contributed by atoms with Gasteiger partial charge >= 0.3 is 5.97 Å². The molecule has 0 aliphatic carbocycles. The summed E-state index contributed by atoms with van der Waals surface area (Å²) in [4.78, 5) is 11.1. The molecule has 0 spiro atoms. The Balaban J connectivity index is 4.44. The molecule has 0 saturated carbocycles. The zero-order valence-corrected chi connectivity index (χ0v) is 10.6. The van der Waals surface area contributed by atoms with Crippen LogP contribution in [0.1, 0.15) is 40.5 Å². The van der Waals surface area contributed by atoms with E-state index in [1.807, 2.05) is 6.92 Å². The van der Waals surface area contributed by atoms with E-state index in [9.17, 15) is 13.2 Å². The van der Waals surface area contributed by atoms with Crippen molar-refractivity contribution >= 4 is 15.8 Å². The van der Waals surface area contributed by atoms with Gasteiger partial charge in [-0.3, -0.25) is 4.79 Å². The monoisotopic (exact) mass is 236 g/mol. The van der Waals surface area contributed by atoms with E-state index in [1.54, 1.807) is 20.8 Å². The fraction of sp³-hybridized carbons (Fsp3) is 0.900. The van der Waals surface area contributed by atoms with Gasteiger partial charge in [0, 0.05) is 0 Å². The van der Waals surface area contributed by atoms with Crippen molar-refractivity contribution in [3.05, 3.63) is 0 Å². The van der Waals surface area contributed by atoms with E-state index in [2.05, 4.69) is 0 Å². The minimum Gasteiger partial charge on any atom is -0.466 e. The molecule has 0 bridgehead atoms. The maximum absolute atomic E-state index is 11.8. The number of hydrogen-bond acceptors (Lipinski definition) is 4. The van der Waals surface area contributed by atoms with Crippen molar-refractivity contribution in [1.29, 1.82) is 0 Å². The van der Waals surface area contributed by atoms with Crippen LogP contribution in [-0.2, 0) is 19.4 Å². The lowest BCUT2D eigenvalue weighted by atomic mass is 10.3. The largest absolute Gasteiger partial charge is 0.466 e. The second-order valence-electron chi connectivity index (χ2n) is 3.63. The van der Waals surface area contributed by atoms with Gasteiger partial charge in [0.25, 0.3) is 0 Å². The molecule has 0 rings (SSSR count). The number of ether oxygens (including phenoxy) is 1. The highest BCUT2D eigenvalue weighted by Gasteiger charge is 2.28. The Bertz CT molecular complexity index is 295. The first-order valence-electron chi connectivity index (χ1n) is 5.24. The van der Waals surface area contributed by atoms with Crippen LogP contribution in [0.15, 0.2) is 0 Å². The number of rotatable bonds is 6. The van der Waals surface area contributed by atoms with Crippen LogP contribution in [0.25, 0.3) is 0 Å². The van der Waals surface area contributed by atoms with Crippen molar-refractivity contribution in [3.63, 3.8) is 0 Å². The summed E-state index contributed by atoms with van der Waals surface area (Å²) in [6, 6.07) is 0. The molecule has 90 valence electrons. The van der Waals surface area contributed by atoms with Crippen molar-refractivity contribution in [2.75, 3.05) is 6.61 Å². The molecule has 0 aromatic rings. The van der Waals surface area contributed by atoms with Gasteiger partial charge in [0.15, 0.2) is 9.84 Å². The normalized spacial score (nSPS) is 15.7. The number of esters is 1. The summed E-state index contributed by atoms with van der Waals surface area (Å²) in [6.45, 7) is 7.02. The smallest absolute Gasteiger partial charge is 0.307 e. The Hall–Kier alpha value is -0.580. The molecule has 0 heterocycles. The second kappa shape index (κ2) is 6.10. The average molecular weight is 236 g/mol. The summed E-state index contributed by atoms with van der Waals surface area (Å²) >= 11 is 0. The number of sulfone groups is 1. The fourth-order valence-electron chi connectivity index (χ4n) is 1.20. The molecule has 0 fully saturated rings. The predicted molar refractivity (Wildman–Crippen MR) is 59.4 cm³/mol. The van der Waals surface area contributed by atoms with Crippen molar-refractivity contribution in [2.45, 2.75) is 51.0 Å². The third-order valence-electron chi connectivity index (χ3n) is 2.46. The summed E-state index contributed by atoms with van der Waals surface area (Å²) in [5, 5.41) is -1.06. The van der Waals surface area contributed by atoms with Crippen molar-refractivity contribution < 1.29 is 17.9 Å². The van der Waals surface area contributed by atoms with Crippen molar-refractivity contribution in [3.8, 4) is 0 Å². The van der Waals surface area contributed by atoms with Crippen LogP contribution in [-0.4, -0.2) is 31.5 Å². The molecule has 0 aliphatic rings. The summed E-state index contributed by atoms with van der Waals surface area (Å²) in [7, 11) is -3.20. The van der Waals surface area contributed by atoms with E-state index in [4.69, 9.17) is 4.74 Å². The molecule has 5 heteroatoms. The van der Waals surface area contributed by atoms with Gasteiger partial charge in [0.05, 0.1) is 23.5 Å². The van der Waals surface area contributed by atoms with Crippen LogP contribution >= 0.6 is 0 Å². The van der Waals surface area contributed by atoms with Crippen LogP contribution in [0, 0.1) is 0 Å². The molecule has 2 unspecified atom stereocenters. The molecule has 0 N–H and O–H groups in total. The van der Waals surface area contributed by atoms with Crippen LogP contribution in [0.4, 0.5) is 0 Å². The van der Waals surface area contributed by atoms with Crippen LogP contribution in [0.5, 0.6) is 0 Å². The molecule has 0 saturated heterocycles. The van der Waals surface area contributed by atoms with Crippen LogP contribution < -0.4 is 0 Å². The Morgan fingerprint density at radius 3 is 2.13 bits per heavy atom. The standard InChI is InChI=1S/C10H20O4S/c1-5-8(3)15(12,13)9(4)7-10(11)14-6-2/h8-9H,5-7H2,1-4H3. The highest BCUT2D eigenvalue weighted by atomic mass is 32.2. The predicted octanol–water partition coefficient (Wildman–Crippen LogP) is 1.54. The average Bonchev–Trinajstić information content (AvgIpc) is 2.16. The first-order valence-corrected chi connectivity index (χ1v) is 6.85. The summed E-state index contributed by atoms with van der Waals surface area (Å²) < 4.78 is 28.3. The van der Waals surface area contributed by atoms with Crippen molar-refractivity contribution in [2.24, 2.45) is 0 Å². The second-order valence-corrected chi connectivity index (χ2v) is 6.42. The van der Waals surface area contributed by atoms with Crippen LogP contribution in [0.2, 0.25) is 0 Å². The third-order valence-corrected chi connectivity index (χ3v) is 5.20. The van der Waals surface area contributed by atoms with E-state index >= 15 is 0 Å². The van der Waals surface area contributed by atoms with E-state index < -0.39 is 26.3 Å². The Morgan fingerprint density at radius 2 is 1.73 bits per heavy atom. The Morgan fingerprint density at radius 1 is 1.20 bits per heavy atom. The first-order chi connectivity index (χ1) is 6.86. The summed E-state index contributed by atoms with van der Waals surface area (Å²) in [5.74, 6) is -0.447. The van der Waals surface area contributed by atoms with Gasteiger partial charge in [-0.2, -0.15) is 0 Å². The summed E-state index contributed by atoms with van der Waals surface area (Å²) in [6.07, 6.45) is 0.510. The van der Waals surface area contributed by atoms with Gasteiger partial charge in [-0.15, -0.1) is 0 Å². The zero-order chi connectivity index (χ0) is 12.1. The Labute approximate surface area is 91.9 Å². The lowest BCUT2D eigenvalue weighted by molar-refractivity contribution is -0.143. The van der Waals surface area contributed by atoms with E-state index in [-0.39, 0.29) is 13.0 Å². The maximum atomic E-state index is 11.8. The van der Waals surface area contributed by atoms with Gasteiger partial charge in [-0.1, -0.05) is 6.92 Å². The van der Waals surface area contributed by atoms with Crippen LogP contribution in [0.3, 0.4) is 0 Å². The molecular formula is C10H20O4S. The maximum Gasteiger partial charge on any atom is 0.307 e. The fourth-order valence-corrected chi connectivity index (χ4v) is 2.83. The number of hydrogen-bond donors (Lipinski definition) is 0. The molecule has 0 amide bonds. The highest BCUT2D eigenvalue weighted by molar-refractivity contribution is 7.92. The van der Waals surface area contributed by atoms with Gasteiger partial charge in [-0.05, 0) is 27.2 Å². The lowest BCUT2D eigenvalue weighted by Crippen LogP contribution is -2.30. The topological polar surface area (TPSA) is 60.4 Å². The van der Waals surface area contributed by atoms with Crippen molar-refractivity contribution in [1.82, 2.24) is 0 Å². The first kappa shape index (κ1) is 14.4. The van der Waals surface area contributed by atoms with Gasteiger partial charge in [0.2, 0.25) is 0 Å². The Kier molecular flexibility index (Phi) is 5.87. The lowest BCUT2D eigenvalue weighted by Gasteiger charge is -2.16. The molecular weight excluding hydrogens is 216 g/mol. The molecule has 15 heavy (non-hydrogen) atoms. The molecule has 0 aromatic heterocycles. The van der Waals surface area contributed by atoms with E-state index in [0.29, 0.717) is 6.42 Å². The number of carbonyl (C=O) groups is 1. The van der Waals surface area contributed by atoms with Gasteiger partial charge in [0.1, 0.15) is 0 Å². The van der Waals surface area contributed by atoms with Gasteiger partial charge in [-0.25, -0.2) is 8.42 Å². The zero-order valence-electron chi connectivity index (χ0n) is 9.82. The molecule has 2 atom stereocenters. The minimum atomic E-state index is -3.20. The SMILES string of the molecule is CCOC(=O)CC(C)S(=O)(=O)C(C)CC. The minimum absolute atomic E-state index is 0.0550. The van der Waals surface area contributed by atoms with Gasteiger partial charge < -0.3 is 4.74 Å².